The number of halogens is 3. The predicted octanol–water partition coefficient (Wildman–Crippen LogP) is 4.98. The lowest BCUT2D eigenvalue weighted by molar-refractivity contribution is -0.137. The van der Waals surface area contributed by atoms with Gasteiger partial charge in [-0.3, -0.25) is 0 Å². The summed E-state index contributed by atoms with van der Waals surface area (Å²) in [6.45, 7) is 0.269. The highest BCUT2D eigenvalue weighted by molar-refractivity contribution is 5.44. The molecule has 142 valence electrons. The van der Waals surface area contributed by atoms with Gasteiger partial charge in [0.25, 0.3) is 0 Å². The van der Waals surface area contributed by atoms with E-state index in [1.807, 2.05) is 0 Å². The number of furan rings is 1. The van der Waals surface area contributed by atoms with Gasteiger partial charge in [-0.05, 0) is 48.6 Å². The van der Waals surface area contributed by atoms with Crippen LogP contribution in [0.2, 0.25) is 0 Å². The average molecular weight is 377 g/mol. The van der Waals surface area contributed by atoms with Gasteiger partial charge in [0.2, 0.25) is 11.7 Å². The molecule has 1 aliphatic carbocycles. The second kappa shape index (κ2) is 7.19. The number of hydrogen-bond donors (Lipinski definition) is 1. The summed E-state index contributed by atoms with van der Waals surface area (Å²) in [5.41, 5.74) is -0.00989. The molecule has 1 atom stereocenters. The van der Waals surface area contributed by atoms with Crippen molar-refractivity contribution in [2.45, 2.75) is 38.0 Å². The molecule has 1 aliphatic rings. The lowest BCUT2D eigenvalue weighted by atomic mass is 9.77. The van der Waals surface area contributed by atoms with Crippen molar-refractivity contribution in [3.63, 3.8) is 0 Å². The van der Waals surface area contributed by atoms with E-state index < -0.39 is 11.7 Å². The van der Waals surface area contributed by atoms with Crippen LogP contribution >= 0.6 is 0 Å². The van der Waals surface area contributed by atoms with Gasteiger partial charge >= 0.3 is 6.18 Å². The van der Waals surface area contributed by atoms with Crippen LogP contribution < -0.4 is 5.32 Å². The zero-order valence-electron chi connectivity index (χ0n) is 14.4. The highest BCUT2D eigenvalue weighted by atomic mass is 19.4. The summed E-state index contributed by atoms with van der Waals surface area (Å²) in [5.74, 6) is 1.49. The topological polar surface area (TPSA) is 64.1 Å². The van der Waals surface area contributed by atoms with Gasteiger partial charge in [0.05, 0.1) is 18.4 Å². The van der Waals surface area contributed by atoms with Gasteiger partial charge in [0, 0.05) is 6.04 Å². The van der Waals surface area contributed by atoms with Crippen LogP contribution in [0.1, 0.15) is 42.3 Å². The minimum atomic E-state index is -4.36. The molecule has 0 amide bonds. The van der Waals surface area contributed by atoms with Crippen molar-refractivity contribution in [3.8, 4) is 11.6 Å². The second-order valence-electron chi connectivity index (χ2n) is 6.66. The third-order valence-electron chi connectivity index (χ3n) is 4.88. The summed E-state index contributed by atoms with van der Waals surface area (Å²) in [4.78, 5) is 4.26. The molecule has 1 fully saturated rings. The third kappa shape index (κ3) is 3.90. The van der Waals surface area contributed by atoms with E-state index in [1.165, 1.54) is 18.4 Å². The molecule has 1 saturated carbocycles. The van der Waals surface area contributed by atoms with E-state index in [-0.39, 0.29) is 12.6 Å². The van der Waals surface area contributed by atoms with Crippen molar-refractivity contribution in [1.82, 2.24) is 15.5 Å². The lowest BCUT2D eigenvalue weighted by Gasteiger charge is -2.34. The van der Waals surface area contributed by atoms with E-state index in [9.17, 15) is 13.2 Å². The summed E-state index contributed by atoms with van der Waals surface area (Å²) >= 11 is 0. The Labute approximate surface area is 153 Å². The van der Waals surface area contributed by atoms with E-state index >= 15 is 0 Å². The first kappa shape index (κ1) is 17.8. The normalized spacial score (nSPS) is 16.3. The number of aromatic nitrogens is 2. The lowest BCUT2D eigenvalue weighted by Crippen LogP contribution is -2.32. The molecule has 2 heterocycles. The molecule has 0 radical (unpaired) electrons. The van der Waals surface area contributed by atoms with E-state index in [1.54, 1.807) is 18.2 Å². The van der Waals surface area contributed by atoms with Crippen LogP contribution in [0.3, 0.4) is 0 Å². The first-order valence-electron chi connectivity index (χ1n) is 8.78. The maximum atomic E-state index is 13.1. The molecule has 5 nitrogen and oxygen atoms in total. The molecule has 1 N–H and O–H groups in total. The molecule has 1 unspecified atom stereocenters. The van der Waals surface area contributed by atoms with Gasteiger partial charge in [-0.1, -0.05) is 23.7 Å². The average Bonchev–Trinajstić information content (AvgIpc) is 3.27. The van der Waals surface area contributed by atoms with Gasteiger partial charge in [-0.15, -0.1) is 0 Å². The van der Waals surface area contributed by atoms with Crippen molar-refractivity contribution in [2.24, 2.45) is 5.92 Å². The Morgan fingerprint density at radius 1 is 1.19 bits per heavy atom. The van der Waals surface area contributed by atoms with Crippen molar-refractivity contribution < 1.29 is 22.1 Å². The van der Waals surface area contributed by atoms with Crippen LogP contribution in [0.25, 0.3) is 11.6 Å². The fourth-order valence-corrected chi connectivity index (χ4v) is 3.27. The standard InChI is InChI=1S/C19H18F3N3O2/c20-19(21,22)14-7-2-6-13(10-14)17(12-4-1-5-12)23-11-16-24-18(25-27-16)15-8-3-9-26-15/h2-3,6-10,12,17,23H,1,4-5,11H2. The van der Waals surface area contributed by atoms with Gasteiger partial charge in [0.1, 0.15) is 0 Å². The maximum Gasteiger partial charge on any atom is 0.416 e. The smallest absolute Gasteiger partial charge is 0.416 e. The number of benzene rings is 1. The van der Waals surface area contributed by atoms with Crippen LogP contribution in [0.4, 0.5) is 13.2 Å². The Bertz CT molecular complexity index is 886. The molecule has 0 bridgehead atoms. The molecular weight excluding hydrogens is 359 g/mol. The summed E-state index contributed by atoms with van der Waals surface area (Å²) in [7, 11) is 0. The van der Waals surface area contributed by atoms with Gasteiger partial charge < -0.3 is 14.3 Å². The highest BCUT2D eigenvalue weighted by Gasteiger charge is 2.33. The summed E-state index contributed by atoms with van der Waals surface area (Å²) in [6, 6.07) is 8.75. The molecule has 0 spiro atoms. The van der Waals surface area contributed by atoms with Gasteiger partial charge in [0.15, 0.2) is 5.76 Å². The number of nitrogens with one attached hydrogen (secondary N) is 1. The predicted molar refractivity (Wildman–Crippen MR) is 90.4 cm³/mol. The quantitative estimate of drug-likeness (QED) is 0.656. The Hall–Kier alpha value is -2.61. The number of nitrogens with zero attached hydrogens (tertiary/aromatic N) is 2. The zero-order chi connectivity index (χ0) is 18.9. The second-order valence-corrected chi connectivity index (χ2v) is 6.66. The number of rotatable bonds is 6. The molecule has 1 aromatic carbocycles. The third-order valence-corrected chi connectivity index (χ3v) is 4.88. The van der Waals surface area contributed by atoms with Crippen molar-refractivity contribution in [1.29, 1.82) is 0 Å². The summed E-state index contributed by atoms with van der Waals surface area (Å²) in [6.07, 6.45) is 0.213. The molecule has 4 rings (SSSR count). The van der Waals surface area contributed by atoms with E-state index in [0.717, 1.165) is 25.3 Å². The fraction of sp³-hybridized carbons (Fsp3) is 0.368. The Morgan fingerprint density at radius 2 is 2.04 bits per heavy atom. The SMILES string of the molecule is FC(F)(F)c1cccc(C(NCc2nc(-c3ccco3)no2)C2CCC2)c1. The van der Waals surface area contributed by atoms with Gasteiger partial charge in [-0.2, -0.15) is 18.2 Å². The molecule has 27 heavy (non-hydrogen) atoms. The fourth-order valence-electron chi connectivity index (χ4n) is 3.27. The Morgan fingerprint density at radius 3 is 2.70 bits per heavy atom. The Kier molecular flexibility index (Phi) is 4.73. The van der Waals surface area contributed by atoms with E-state index in [2.05, 4.69) is 15.5 Å². The molecule has 2 aromatic heterocycles. The van der Waals surface area contributed by atoms with Crippen molar-refractivity contribution >= 4 is 0 Å². The van der Waals surface area contributed by atoms with Crippen LogP contribution in [-0.2, 0) is 12.7 Å². The van der Waals surface area contributed by atoms with Crippen LogP contribution in [0, 0.1) is 5.92 Å². The largest absolute Gasteiger partial charge is 0.461 e. The molecule has 0 aliphatic heterocycles. The first-order valence-corrected chi connectivity index (χ1v) is 8.78. The minimum absolute atomic E-state index is 0.194. The van der Waals surface area contributed by atoms with Crippen LogP contribution in [0.15, 0.2) is 51.6 Å². The Balaban J connectivity index is 1.50. The first-order chi connectivity index (χ1) is 13.0. The molecular formula is C19H18F3N3O2. The van der Waals surface area contributed by atoms with Crippen molar-refractivity contribution in [2.75, 3.05) is 0 Å². The van der Waals surface area contributed by atoms with Crippen molar-refractivity contribution in [3.05, 3.63) is 59.7 Å². The highest BCUT2D eigenvalue weighted by Crippen LogP contribution is 2.39. The zero-order valence-corrected chi connectivity index (χ0v) is 14.4. The van der Waals surface area contributed by atoms with Crippen LogP contribution in [-0.4, -0.2) is 10.1 Å². The number of hydrogen-bond acceptors (Lipinski definition) is 5. The molecule has 8 heteroatoms. The maximum absolute atomic E-state index is 13.1. The van der Waals surface area contributed by atoms with Gasteiger partial charge in [-0.25, -0.2) is 0 Å². The monoisotopic (exact) mass is 377 g/mol. The molecule has 0 saturated heterocycles. The van der Waals surface area contributed by atoms with Crippen LogP contribution in [0.5, 0.6) is 0 Å². The summed E-state index contributed by atoms with van der Waals surface area (Å²) in [5, 5.41) is 7.16. The number of alkyl halides is 3. The summed E-state index contributed by atoms with van der Waals surface area (Å²) < 4.78 is 49.6. The molecule has 3 aromatic rings. The minimum Gasteiger partial charge on any atom is -0.461 e. The van der Waals surface area contributed by atoms with E-state index in [4.69, 9.17) is 8.94 Å². The van der Waals surface area contributed by atoms with E-state index in [0.29, 0.717) is 29.0 Å².